The lowest BCUT2D eigenvalue weighted by atomic mass is 10.0. The zero-order chi connectivity index (χ0) is 22.3. The maximum atomic E-state index is 4.95. The number of aliphatic imine (C=N–C) groups is 1. The van der Waals surface area contributed by atoms with Crippen molar-refractivity contribution in [3.8, 4) is 0 Å². The van der Waals surface area contributed by atoms with Crippen LogP contribution in [0, 0.1) is 0 Å². The third-order valence-electron chi connectivity index (χ3n) is 5.80. The predicted molar refractivity (Wildman–Crippen MR) is 144 cm³/mol. The Balaban J connectivity index is 1.37. The van der Waals surface area contributed by atoms with Crippen LogP contribution in [0.4, 0.5) is 0 Å². The number of hydrogen-bond acceptors (Lipinski definition) is 2. The summed E-state index contributed by atoms with van der Waals surface area (Å²) in [4.78, 5) is 4.95. The summed E-state index contributed by atoms with van der Waals surface area (Å²) < 4.78 is 0. The Morgan fingerprint density at radius 3 is 1.91 bits per heavy atom. The van der Waals surface area contributed by atoms with E-state index in [0.717, 1.165) is 17.5 Å². The molecule has 1 N–H and O–H groups in total. The molecule has 0 saturated carbocycles. The van der Waals surface area contributed by atoms with Gasteiger partial charge in [0.1, 0.15) is 0 Å². The van der Waals surface area contributed by atoms with E-state index in [-0.39, 0.29) is 0 Å². The number of fused-ring (bicyclic) bond motifs is 2. The van der Waals surface area contributed by atoms with Crippen molar-refractivity contribution in [1.82, 2.24) is 5.32 Å². The van der Waals surface area contributed by atoms with Crippen molar-refractivity contribution >= 4 is 38.5 Å². The molecule has 0 spiro atoms. The van der Waals surface area contributed by atoms with Crippen LogP contribution in [-0.4, -0.2) is 5.17 Å². The Kier molecular flexibility index (Phi) is 6.69. The standard InChI is InChI=1S/C30H26N2S/c1-2-10-23(11-3-1)20-31-30(32-21-26-16-8-14-24-12-4-6-18-28(24)26)33-22-27-17-9-15-25-13-5-7-19-29(25)27/h1-19H,20-22H2,(H,31,32). The Morgan fingerprint density at radius 1 is 0.606 bits per heavy atom. The van der Waals surface area contributed by atoms with Gasteiger partial charge in [-0.1, -0.05) is 127 Å². The number of nitrogens with one attached hydrogen (secondary N) is 1. The Hall–Kier alpha value is -3.56. The van der Waals surface area contributed by atoms with Crippen LogP contribution in [-0.2, 0) is 18.8 Å². The SMILES string of the molecule is c1ccc(C/N=C(\NCc2cccc3ccccc23)SCc2cccc3ccccc23)cc1. The van der Waals surface area contributed by atoms with Crippen molar-refractivity contribution in [2.45, 2.75) is 18.8 Å². The summed E-state index contributed by atoms with van der Waals surface area (Å²) in [6, 6.07) is 40.6. The molecule has 0 fully saturated rings. The highest BCUT2D eigenvalue weighted by Crippen LogP contribution is 2.24. The lowest BCUT2D eigenvalue weighted by Crippen LogP contribution is -2.20. The van der Waals surface area contributed by atoms with Crippen LogP contribution in [0.3, 0.4) is 0 Å². The molecule has 5 aromatic carbocycles. The van der Waals surface area contributed by atoms with Crippen LogP contribution in [0.25, 0.3) is 21.5 Å². The minimum Gasteiger partial charge on any atom is -0.361 e. The summed E-state index contributed by atoms with van der Waals surface area (Å²) in [5, 5.41) is 9.74. The van der Waals surface area contributed by atoms with Crippen molar-refractivity contribution in [3.63, 3.8) is 0 Å². The summed E-state index contributed by atoms with van der Waals surface area (Å²) in [6.45, 7) is 1.42. The van der Waals surface area contributed by atoms with Gasteiger partial charge in [0.15, 0.2) is 5.17 Å². The third-order valence-corrected chi connectivity index (χ3v) is 6.80. The highest BCUT2D eigenvalue weighted by molar-refractivity contribution is 8.13. The topological polar surface area (TPSA) is 24.4 Å². The molecule has 0 heterocycles. The van der Waals surface area contributed by atoms with E-state index >= 15 is 0 Å². The number of rotatable bonds is 6. The van der Waals surface area contributed by atoms with Crippen LogP contribution in [0.15, 0.2) is 120 Å². The molecule has 162 valence electrons. The van der Waals surface area contributed by atoms with Gasteiger partial charge in [-0.3, -0.25) is 4.99 Å². The summed E-state index contributed by atoms with van der Waals surface area (Å²) in [7, 11) is 0. The zero-order valence-electron chi connectivity index (χ0n) is 18.4. The second-order valence-electron chi connectivity index (χ2n) is 8.03. The molecule has 33 heavy (non-hydrogen) atoms. The maximum absolute atomic E-state index is 4.95. The summed E-state index contributed by atoms with van der Waals surface area (Å²) in [5.74, 6) is 0.873. The van der Waals surface area contributed by atoms with Crippen molar-refractivity contribution in [3.05, 3.63) is 132 Å². The molecule has 0 aliphatic rings. The molecule has 3 heteroatoms. The van der Waals surface area contributed by atoms with Gasteiger partial charge in [-0.05, 0) is 38.2 Å². The van der Waals surface area contributed by atoms with Gasteiger partial charge in [-0.25, -0.2) is 0 Å². The molecule has 0 aromatic heterocycles. The normalized spacial score (nSPS) is 11.7. The first-order chi connectivity index (χ1) is 16.4. The van der Waals surface area contributed by atoms with Crippen LogP contribution >= 0.6 is 11.8 Å². The highest BCUT2D eigenvalue weighted by Gasteiger charge is 2.07. The number of nitrogens with zero attached hydrogens (tertiary/aromatic N) is 1. The first-order valence-electron chi connectivity index (χ1n) is 11.3. The minimum atomic E-state index is 0.668. The average molecular weight is 447 g/mol. The molecular weight excluding hydrogens is 420 g/mol. The second kappa shape index (κ2) is 10.4. The largest absolute Gasteiger partial charge is 0.361 e. The van der Waals surface area contributed by atoms with E-state index in [1.807, 2.05) is 6.07 Å². The van der Waals surface area contributed by atoms with Gasteiger partial charge in [-0.15, -0.1) is 0 Å². The van der Waals surface area contributed by atoms with E-state index in [0.29, 0.717) is 6.54 Å². The van der Waals surface area contributed by atoms with Gasteiger partial charge in [0.2, 0.25) is 0 Å². The van der Waals surface area contributed by atoms with Gasteiger partial charge >= 0.3 is 0 Å². The number of benzene rings is 5. The third kappa shape index (κ3) is 5.27. The highest BCUT2D eigenvalue weighted by atomic mass is 32.2. The molecule has 0 saturated heterocycles. The van der Waals surface area contributed by atoms with Gasteiger partial charge in [0.05, 0.1) is 6.54 Å². The van der Waals surface area contributed by atoms with Crippen molar-refractivity contribution in [2.24, 2.45) is 4.99 Å². The molecule has 0 radical (unpaired) electrons. The Labute approximate surface area is 199 Å². The van der Waals surface area contributed by atoms with Crippen LogP contribution in [0.5, 0.6) is 0 Å². The molecule has 0 atom stereocenters. The van der Waals surface area contributed by atoms with E-state index in [4.69, 9.17) is 4.99 Å². The van der Waals surface area contributed by atoms with Gasteiger partial charge in [-0.2, -0.15) is 0 Å². The summed E-state index contributed by atoms with van der Waals surface area (Å²) >= 11 is 1.77. The number of hydrogen-bond donors (Lipinski definition) is 1. The Morgan fingerprint density at radius 2 is 1.18 bits per heavy atom. The molecule has 0 bridgehead atoms. The van der Waals surface area contributed by atoms with E-state index < -0.39 is 0 Å². The fourth-order valence-corrected chi connectivity index (χ4v) is 4.96. The van der Waals surface area contributed by atoms with Gasteiger partial charge in [0, 0.05) is 12.3 Å². The molecule has 0 unspecified atom stereocenters. The lowest BCUT2D eigenvalue weighted by Gasteiger charge is -2.13. The lowest BCUT2D eigenvalue weighted by molar-refractivity contribution is 0.918. The minimum absolute atomic E-state index is 0.668. The maximum Gasteiger partial charge on any atom is 0.157 e. The van der Waals surface area contributed by atoms with E-state index in [9.17, 15) is 0 Å². The fourth-order valence-electron chi connectivity index (χ4n) is 4.08. The van der Waals surface area contributed by atoms with Crippen LogP contribution < -0.4 is 5.32 Å². The Bertz CT molecular complexity index is 1300. The molecule has 2 nitrogen and oxygen atoms in total. The average Bonchev–Trinajstić information content (AvgIpc) is 2.89. The number of amidine groups is 1. The van der Waals surface area contributed by atoms with Crippen molar-refractivity contribution < 1.29 is 0 Å². The number of thioether (sulfide) groups is 1. The van der Waals surface area contributed by atoms with Crippen LogP contribution in [0.2, 0.25) is 0 Å². The molecular formula is C30H26N2S. The summed E-state index contributed by atoms with van der Waals surface area (Å²) in [5.41, 5.74) is 3.83. The fraction of sp³-hybridized carbons (Fsp3) is 0.100. The van der Waals surface area contributed by atoms with Crippen LogP contribution in [0.1, 0.15) is 16.7 Å². The predicted octanol–water partition coefficient (Wildman–Crippen LogP) is 7.57. The quantitative estimate of drug-likeness (QED) is 0.215. The monoisotopic (exact) mass is 446 g/mol. The van der Waals surface area contributed by atoms with Crippen molar-refractivity contribution in [1.29, 1.82) is 0 Å². The second-order valence-corrected chi connectivity index (χ2v) is 8.99. The van der Waals surface area contributed by atoms with E-state index in [1.165, 1.54) is 38.2 Å². The van der Waals surface area contributed by atoms with E-state index in [2.05, 4.69) is 115 Å². The van der Waals surface area contributed by atoms with Crippen molar-refractivity contribution in [2.75, 3.05) is 0 Å². The first-order valence-corrected chi connectivity index (χ1v) is 12.2. The summed E-state index contributed by atoms with van der Waals surface area (Å²) in [6.07, 6.45) is 0. The first kappa shape index (κ1) is 21.3. The zero-order valence-corrected chi connectivity index (χ0v) is 19.3. The molecule has 0 aliphatic heterocycles. The molecule has 5 rings (SSSR count). The van der Waals surface area contributed by atoms with Gasteiger partial charge in [0.25, 0.3) is 0 Å². The smallest absolute Gasteiger partial charge is 0.157 e. The van der Waals surface area contributed by atoms with E-state index in [1.54, 1.807) is 11.8 Å². The molecule has 0 amide bonds. The van der Waals surface area contributed by atoms with Gasteiger partial charge < -0.3 is 5.32 Å². The molecule has 0 aliphatic carbocycles. The molecule has 5 aromatic rings.